The summed E-state index contributed by atoms with van der Waals surface area (Å²) in [6, 6.07) is 3.40. The van der Waals surface area contributed by atoms with E-state index in [1.165, 1.54) is 6.33 Å². The van der Waals surface area contributed by atoms with Gasteiger partial charge in [0.15, 0.2) is 0 Å². The summed E-state index contributed by atoms with van der Waals surface area (Å²) in [4.78, 5) is 7.88. The molecule has 0 bridgehead atoms. The molecule has 0 unspecified atom stereocenters. The van der Waals surface area contributed by atoms with E-state index in [4.69, 9.17) is 27.9 Å². The Labute approximate surface area is 115 Å². The van der Waals surface area contributed by atoms with Crippen LogP contribution in [0.2, 0.25) is 10.0 Å². The molecule has 1 aromatic heterocycles. The summed E-state index contributed by atoms with van der Waals surface area (Å²) in [5.74, 6) is 0.640. The van der Waals surface area contributed by atoms with Crippen LogP contribution in [0, 0.1) is 0 Å². The van der Waals surface area contributed by atoms with Gasteiger partial charge in [-0.05, 0) is 6.07 Å². The molecule has 1 N–H and O–H groups in total. The zero-order valence-corrected chi connectivity index (χ0v) is 11.2. The van der Waals surface area contributed by atoms with Crippen molar-refractivity contribution in [3.8, 4) is 5.75 Å². The fraction of sp³-hybridized carbons (Fsp3) is 0.167. The highest BCUT2D eigenvalue weighted by Gasteiger charge is 2.07. The van der Waals surface area contributed by atoms with Gasteiger partial charge in [0.2, 0.25) is 0 Å². The van der Waals surface area contributed by atoms with Crippen LogP contribution >= 0.6 is 23.2 Å². The molecule has 94 valence electrons. The van der Waals surface area contributed by atoms with Crippen molar-refractivity contribution < 1.29 is 4.74 Å². The van der Waals surface area contributed by atoms with Gasteiger partial charge in [0.1, 0.15) is 12.1 Å². The number of aromatic nitrogens is 2. The fourth-order valence-electron chi connectivity index (χ4n) is 1.45. The van der Waals surface area contributed by atoms with Gasteiger partial charge in [-0.15, -0.1) is 0 Å². The summed E-state index contributed by atoms with van der Waals surface area (Å²) in [6.45, 7) is 0.579. The molecule has 0 aliphatic rings. The molecular weight excluding hydrogens is 273 g/mol. The van der Waals surface area contributed by atoms with Crippen LogP contribution in [0.1, 0.15) is 5.56 Å². The number of nitrogens with one attached hydrogen (secondary N) is 1. The molecule has 6 heteroatoms. The third kappa shape index (κ3) is 3.03. The van der Waals surface area contributed by atoms with Crippen molar-refractivity contribution in [1.29, 1.82) is 0 Å². The maximum Gasteiger partial charge on any atom is 0.143 e. The quantitative estimate of drug-likeness (QED) is 0.934. The molecule has 0 atom stereocenters. The lowest BCUT2D eigenvalue weighted by atomic mass is 10.2. The van der Waals surface area contributed by atoms with Crippen LogP contribution in [0.25, 0.3) is 0 Å². The normalized spacial score (nSPS) is 10.2. The van der Waals surface area contributed by atoms with Gasteiger partial charge in [-0.25, -0.2) is 9.97 Å². The Bertz CT molecular complexity index is 534. The largest absolute Gasteiger partial charge is 0.495 e. The van der Waals surface area contributed by atoms with E-state index in [0.717, 1.165) is 11.3 Å². The van der Waals surface area contributed by atoms with Gasteiger partial charge in [0.05, 0.1) is 22.8 Å². The first kappa shape index (κ1) is 12.9. The minimum absolute atomic E-state index is 0.460. The average Bonchev–Trinajstić information content (AvgIpc) is 2.41. The van der Waals surface area contributed by atoms with Crippen LogP contribution in [-0.2, 0) is 6.54 Å². The van der Waals surface area contributed by atoms with Crippen molar-refractivity contribution >= 4 is 28.9 Å². The van der Waals surface area contributed by atoms with Crippen LogP contribution in [0.3, 0.4) is 0 Å². The summed E-state index contributed by atoms with van der Waals surface area (Å²) < 4.78 is 5.23. The third-order valence-electron chi connectivity index (χ3n) is 2.34. The minimum atomic E-state index is 0.460. The van der Waals surface area contributed by atoms with Crippen molar-refractivity contribution in [3.63, 3.8) is 0 Å². The number of halogens is 2. The number of ether oxygens (including phenoxy) is 1. The Balaban J connectivity index is 2.16. The average molecular weight is 284 g/mol. The Morgan fingerprint density at radius 2 is 1.83 bits per heavy atom. The standard InChI is InChI=1S/C12H11Cl2N3O/c1-18-12-3-10(14)9(13)2-11(12)17-6-8-4-15-7-16-5-8/h2-5,7,17H,6H2,1H3. The lowest BCUT2D eigenvalue weighted by Gasteiger charge is -2.12. The van der Waals surface area contributed by atoms with Crippen molar-refractivity contribution in [2.45, 2.75) is 6.54 Å². The summed E-state index contributed by atoms with van der Waals surface area (Å²) in [6.07, 6.45) is 4.97. The molecule has 0 radical (unpaired) electrons. The number of rotatable bonds is 4. The molecule has 4 nitrogen and oxygen atoms in total. The first-order valence-electron chi connectivity index (χ1n) is 5.21. The second-order valence-corrected chi connectivity index (χ2v) is 4.38. The van der Waals surface area contributed by atoms with Gasteiger partial charge in [-0.1, -0.05) is 23.2 Å². The van der Waals surface area contributed by atoms with Crippen LogP contribution < -0.4 is 10.1 Å². The van der Waals surface area contributed by atoms with Gasteiger partial charge >= 0.3 is 0 Å². The van der Waals surface area contributed by atoms with Crippen LogP contribution in [0.4, 0.5) is 5.69 Å². The molecule has 2 aromatic rings. The zero-order chi connectivity index (χ0) is 13.0. The Kier molecular flexibility index (Phi) is 4.23. The summed E-state index contributed by atoms with van der Waals surface area (Å²) in [5.41, 5.74) is 1.74. The topological polar surface area (TPSA) is 47.0 Å². The van der Waals surface area contributed by atoms with E-state index < -0.39 is 0 Å². The third-order valence-corrected chi connectivity index (χ3v) is 3.06. The summed E-state index contributed by atoms with van der Waals surface area (Å²) in [7, 11) is 1.58. The lowest BCUT2D eigenvalue weighted by molar-refractivity contribution is 0.416. The number of hydrogen-bond donors (Lipinski definition) is 1. The van der Waals surface area contributed by atoms with Gasteiger partial charge < -0.3 is 10.1 Å². The smallest absolute Gasteiger partial charge is 0.143 e. The van der Waals surface area contributed by atoms with Gasteiger partial charge in [-0.2, -0.15) is 0 Å². The predicted octanol–water partition coefficient (Wildman–Crippen LogP) is 3.40. The Morgan fingerprint density at radius 3 is 2.50 bits per heavy atom. The zero-order valence-electron chi connectivity index (χ0n) is 9.65. The van der Waals surface area contributed by atoms with E-state index in [2.05, 4.69) is 15.3 Å². The molecule has 0 aliphatic heterocycles. The molecular formula is C12H11Cl2N3O. The highest BCUT2D eigenvalue weighted by atomic mass is 35.5. The van der Waals surface area contributed by atoms with E-state index in [9.17, 15) is 0 Å². The van der Waals surface area contributed by atoms with E-state index in [-0.39, 0.29) is 0 Å². The first-order chi connectivity index (χ1) is 8.70. The molecule has 18 heavy (non-hydrogen) atoms. The first-order valence-corrected chi connectivity index (χ1v) is 5.97. The monoisotopic (exact) mass is 283 g/mol. The number of hydrogen-bond acceptors (Lipinski definition) is 4. The van der Waals surface area contributed by atoms with Crippen LogP contribution in [0.5, 0.6) is 5.75 Å². The lowest BCUT2D eigenvalue weighted by Crippen LogP contribution is -2.02. The van der Waals surface area contributed by atoms with Gasteiger partial charge in [0, 0.05) is 30.6 Å². The molecule has 0 saturated carbocycles. The molecule has 1 heterocycles. The second kappa shape index (κ2) is 5.89. The predicted molar refractivity (Wildman–Crippen MR) is 72.4 cm³/mol. The van der Waals surface area contributed by atoms with E-state index in [0.29, 0.717) is 22.3 Å². The summed E-state index contributed by atoms with van der Waals surface area (Å²) >= 11 is 11.9. The molecule has 1 aromatic carbocycles. The van der Waals surface area contributed by atoms with Crippen LogP contribution in [0.15, 0.2) is 30.9 Å². The SMILES string of the molecule is COc1cc(Cl)c(Cl)cc1NCc1cncnc1. The van der Waals surface area contributed by atoms with E-state index in [1.54, 1.807) is 31.6 Å². The molecule has 0 saturated heterocycles. The Hall–Kier alpha value is -1.52. The van der Waals surface area contributed by atoms with Gasteiger partial charge in [0.25, 0.3) is 0 Å². The number of benzene rings is 1. The Morgan fingerprint density at radius 1 is 1.17 bits per heavy atom. The second-order valence-electron chi connectivity index (χ2n) is 3.57. The maximum atomic E-state index is 5.97. The van der Waals surface area contributed by atoms with Crippen molar-refractivity contribution in [3.05, 3.63) is 46.5 Å². The fourth-order valence-corrected chi connectivity index (χ4v) is 1.77. The van der Waals surface area contributed by atoms with E-state index >= 15 is 0 Å². The van der Waals surface area contributed by atoms with Crippen molar-refractivity contribution in [2.24, 2.45) is 0 Å². The van der Waals surface area contributed by atoms with E-state index in [1.807, 2.05) is 0 Å². The molecule has 0 fully saturated rings. The van der Waals surface area contributed by atoms with Crippen molar-refractivity contribution in [1.82, 2.24) is 9.97 Å². The molecule has 0 amide bonds. The highest BCUT2D eigenvalue weighted by molar-refractivity contribution is 6.42. The summed E-state index contributed by atoms with van der Waals surface area (Å²) in [5, 5.41) is 4.14. The highest BCUT2D eigenvalue weighted by Crippen LogP contribution is 2.34. The van der Waals surface area contributed by atoms with Crippen LogP contribution in [-0.4, -0.2) is 17.1 Å². The molecule has 0 aliphatic carbocycles. The molecule has 0 spiro atoms. The maximum absolute atomic E-state index is 5.97. The van der Waals surface area contributed by atoms with Crippen molar-refractivity contribution in [2.75, 3.05) is 12.4 Å². The van der Waals surface area contributed by atoms with Gasteiger partial charge in [-0.3, -0.25) is 0 Å². The number of anilines is 1. The number of nitrogens with zero attached hydrogens (tertiary/aromatic N) is 2. The number of methoxy groups -OCH3 is 1. The minimum Gasteiger partial charge on any atom is -0.495 e. The molecule has 2 rings (SSSR count).